The summed E-state index contributed by atoms with van der Waals surface area (Å²) >= 11 is 1.42. The highest BCUT2D eigenvalue weighted by atomic mass is 32.1. The molecule has 0 bridgehead atoms. The molecule has 2 aromatic carbocycles. The second-order valence-electron chi connectivity index (χ2n) is 5.59. The SMILES string of the molecule is COC(=O)Cc1cc(OC)c(OC)cc1C(=O)c1cc2ccccc2s1. The van der Waals surface area contributed by atoms with E-state index >= 15 is 0 Å². The summed E-state index contributed by atoms with van der Waals surface area (Å²) in [5, 5.41) is 1.01. The van der Waals surface area contributed by atoms with Gasteiger partial charge in [-0.15, -0.1) is 11.3 Å². The summed E-state index contributed by atoms with van der Waals surface area (Å²) in [4.78, 5) is 25.5. The van der Waals surface area contributed by atoms with E-state index in [9.17, 15) is 9.59 Å². The second-order valence-corrected chi connectivity index (χ2v) is 6.68. The van der Waals surface area contributed by atoms with Gasteiger partial charge in [-0.05, 0) is 35.2 Å². The zero-order valence-corrected chi connectivity index (χ0v) is 15.5. The lowest BCUT2D eigenvalue weighted by molar-refractivity contribution is -0.139. The van der Waals surface area contributed by atoms with Crippen molar-refractivity contribution in [1.82, 2.24) is 0 Å². The van der Waals surface area contributed by atoms with Crippen molar-refractivity contribution in [2.24, 2.45) is 0 Å². The molecular formula is C20H18O5S. The van der Waals surface area contributed by atoms with E-state index in [0.717, 1.165) is 10.1 Å². The van der Waals surface area contributed by atoms with E-state index in [1.165, 1.54) is 32.7 Å². The first kappa shape index (κ1) is 17.9. The number of thiophene rings is 1. The van der Waals surface area contributed by atoms with Gasteiger partial charge >= 0.3 is 5.97 Å². The molecule has 26 heavy (non-hydrogen) atoms. The average molecular weight is 370 g/mol. The fourth-order valence-electron chi connectivity index (χ4n) is 2.73. The molecule has 0 spiro atoms. The van der Waals surface area contributed by atoms with Crippen LogP contribution in [0, 0.1) is 0 Å². The van der Waals surface area contributed by atoms with Gasteiger partial charge in [0.05, 0.1) is 32.6 Å². The number of carbonyl (C=O) groups is 2. The Morgan fingerprint density at radius 1 is 0.962 bits per heavy atom. The maximum absolute atomic E-state index is 13.1. The maximum atomic E-state index is 13.1. The van der Waals surface area contributed by atoms with Crippen molar-refractivity contribution in [3.63, 3.8) is 0 Å². The lowest BCUT2D eigenvalue weighted by Gasteiger charge is -2.13. The zero-order chi connectivity index (χ0) is 18.7. The highest BCUT2D eigenvalue weighted by molar-refractivity contribution is 7.21. The average Bonchev–Trinajstić information content (AvgIpc) is 3.11. The zero-order valence-electron chi connectivity index (χ0n) is 14.7. The number of fused-ring (bicyclic) bond motifs is 1. The lowest BCUT2D eigenvalue weighted by Crippen LogP contribution is -2.11. The molecule has 134 valence electrons. The molecule has 0 aliphatic carbocycles. The van der Waals surface area contributed by atoms with E-state index in [1.807, 2.05) is 30.3 Å². The van der Waals surface area contributed by atoms with Gasteiger partial charge in [0.1, 0.15) is 0 Å². The van der Waals surface area contributed by atoms with Crippen LogP contribution >= 0.6 is 11.3 Å². The van der Waals surface area contributed by atoms with Crippen LogP contribution < -0.4 is 9.47 Å². The van der Waals surface area contributed by atoms with Crippen molar-refractivity contribution in [2.75, 3.05) is 21.3 Å². The van der Waals surface area contributed by atoms with Gasteiger partial charge in [0.25, 0.3) is 0 Å². The number of hydrogen-bond acceptors (Lipinski definition) is 6. The number of methoxy groups -OCH3 is 3. The van der Waals surface area contributed by atoms with Gasteiger partial charge in [-0.3, -0.25) is 9.59 Å². The van der Waals surface area contributed by atoms with E-state index < -0.39 is 5.97 Å². The predicted octanol–water partition coefficient (Wildman–Crippen LogP) is 3.87. The Bertz CT molecular complexity index is 940. The molecule has 0 saturated carbocycles. The molecule has 5 nitrogen and oxygen atoms in total. The third-order valence-corrected chi connectivity index (χ3v) is 5.18. The standard InChI is InChI=1S/C20H18O5S/c1-23-15-8-13(10-19(21)25-3)14(11-16(15)24-2)20(22)18-9-12-6-4-5-7-17(12)26-18/h4-9,11H,10H2,1-3H3. The molecule has 0 N–H and O–H groups in total. The molecule has 0 atom stereocenters. The molecule has 0 aliphatic heterocycles. The second kappa shape index (κ2) is 7.58. The van der Waals surface area contributed by atoms with Crippen LogP contribution in [0.3, 0.4) is 0 Å². The third-order valence-electron chi connectivity index (χ3n) is 4.07. The quantitative estimate of drug-likeness (QED) is 0.487. The summed E-state index contributed by atoms with van der Waals surface area (Å²) in [5.74, 6) is 0.304. The van der Waals surface area contributed by atoms with Crippen molar-refractivity contribution in [1.29, 1.82) is 0 Å². The number of esters is 1. The first-order valence-electron chi connectivity index (χ1n) is 7.92. The molecule has 0 saturated heterocycles. The van der Waals surface area contributed by atoms with Gasteiger partial charge in [-0.1, -0.05) is 18.2 Å². The monoisotopic (exact) mass is 370 g/mol. The molecule has 0 aliphatic rings. The lowest BCUT2D eigenvalue weighted by atomic mass is 9.98. The van der Waals surface area contributed by atoms with Gasteiger partial charge in [0, 0.05) is 10.3 Å². The summed E-state index contributed by atoms with van der Waals surface area (Å²) in [6.45, 7) is 0. The molecule has 0 unspecified atom stereocenters. The Balaban J connectivity index is 2.10. The molecule has 1 heterocycles. The number of rotatable bonds is 6. The topological polar surface area (TPSA) is 61.8 Å². The Hall–Kier alpha value is -2.86. The van der Waals surface area contributed by atoms with Crippen LogP contribution in [0.25, 0.3) is 10.1 Å². The summed E-state index contributed by atoms with van der Waals surface area (Å²) in [5.41, 5.74) is 0.941. The smallest absolute Gasteiger partial charge is 0.310 e. The molecule has 6 heteroatoms. The van der Waals surface area contributed by atoms with Crippen molar-refractivity contribution in [2.45, 2.75) is 6.42 Å². The number of benzene rings is 2. The first-order chi connectivity index (χ1) is 12.6. The normalized spacial score (nSPS) is 10.6. The molecule has 0 fully saturated rings. The van der Waals surface area contributed by atoms with E-state index in [2.05, 4.69) is 0 Å². The number of ether oxygens (including phenoxy) is 3. The summed E-state index contributed by atoms with van der Waals surface area (Å²) < 4.78 is 16.4. The molecule has 3 rings (SSSR count). The Morgan fingerprint density at radius 3 is 2.31 bits per heavy atom. The molecule has 0 radical (unpaired) electrons. The minimum absolute atomic E-state index is 0.0250. The minimum Gasteiger partial charge on any atom is -0.493 e. The summed E-state index contributed by atoms with van der Waals surface area (Å²) in [6, 6.07) is 12.9. The molecular weight excluding hydrogens is 352 g/mol. The van der Waals surface area contributed by atoms with Crippen LogP contribution in [0.4, 0.5) is 0 Å². The van der Waals surface area contributed by atoms with Gasteiger partial charge in [0.15, 0.2) is 11.5 Å². The van der Waals surface area contributed by atoms with Crippen LogP contribution in [0.5, 0.6) is 11.5 Å². The van der Waals surface area contributed by atoms with Crippen LogP contribution in [0.15, 0.2) is 42.5 Å². The van der Waals surface area contributed by atoms with Crippen molar-refractivity contribution in [3.8, 4) is 11.5 Å². The van der Waals surface area contributed by atoms with E-state index in [4.69, 9.17) is 14.2 Å². The number of hydrogen-bond donors (Lipinski definition) is 0. The summed E-state index contributed by atoms with van der Waals surface area (Å²) in [7, 11) is 4.33. The fraction of sp³-hybridized carbons (Fsp3) is 0.200. The van der Waals surface area contributed by atoms with Crippen LogP contribution in [0.1, 0.15) is 20.8 Å². The Kier molecular flexibility index (Phi) is 5.23. The van der Waals surface area contributed by atoms with Gasteiger partial charge in [-0.25, -0.2) is 0 Å². The van der Waals surface area contributed by atoms with Crippen LogP contribution in [0.2, 0.25) is 0 Å². The maximum Gasteiger partial charge on any atom is 0.310 e. The Morgan fingerprint density at radius 2 is 1.65 bits per heavy atom. The van der Waals surface area contributed by atoms with E-state index in [0.29, 0.717) is 27.5 Å². The van der Waals surface area contributed by atoms with Gasteiger partial charge < -0.3 is 14.2 Å². The molecule has 0 amide bonds. The van der Waals surface area contributed by atoms with Crippen LogP contribution in [-0.2, 0) is 16.0 Å². The minimum atomic E-state index is -0.428. The first-order valence-corrected chi connectivity index (χ1v) is 8.74. The van der Waals surface area contributed by atoms with Crippen molar-refractivity contribution < 1.29 is 23.8 Å². The van der Waals surface area contributed by atoms with E-state index in [1.54, 1.807) is 12.1 Å². The van der Waals surface area contributed by atoms with Crippen molar-refractivity contribution >= 4 is 33.2 Å². The highest BCUT2D eigenvalue weighted by Crippen LogP contribution is 2.34. The number of ketones is 1. The Labute approximate surface area is 155 Å². The van der Waals surface area contributed by atoms with Crippen molar-refractivity contribution in [3.05, 3.63) is 58.5 Å². The molecule has 3 aromatic rings. The van der Waals surface area contributed by atoms with E-state index in [-0.39, 0.29) is 12.2 Å². The van der Waals surface area contributed by atoms with Crippen LogP contribution in [-0.4, -0.2) is 33.1 Å². The fourth-order valence-corrected chi connectivity index (χ4v) is 3.75. The van der Waals surface area contributed by atoms with Gasteiger partial charge in [-0.2, -0.15) is 0 Å². The third kappa shape index (κ3) is 3.41. The largest absolute Gasteiger partial charge is 0.493 e. The number of carbonyl (C=O) groups excluding carboxylic acids is 2. The summed E-state index contributed by atoms with van der Waals surface area (Å²) in [6.07, 6.45) is -0.0250. The van der Waals surface area contributed by atoms with Gasteiger partial charge in [0.2, 0.25) is 5.78 Å². The highest BCUT2D eigenvalue weighted by Gasteiger charge is 2.21. The molecule has 1 aromatic heterocycles. The predicted molar refractivity (Wildman–Crippen MR) is 101 cm³/mol.